The molecule has 0 bridgehead atoms. The molecule has 0 unspecified atom stereocenters. The standard InChI is InChI=1S/C12H16O2.2CH3NO2/c1-10(2)8-11(13)9-14-12-6-4-3-5-7-12;2*1-2(3)4/h3-7,10H,8-9H2,1-2H3;2*1H3. The highest BCUT2D eigenvalue weighted by Gasteiger charge is 2.05. The monoisotopic (exact) mass is 314 g/mol. The van der Waals surface area contributed by atoms with Crippen molar-refractivity contribution in [2.75, 3.05) is 20.7 Å². The molecule has 0 aliphatic heterocycles. The molecule has 0 aliphatic carbocycles. The molecule has 8 heteroatoms. The van der Waals surface area contributed by atoms with Gasteiger partial charge in [-0.25, -0.2) is 0 Å². The first kappa shape index (κ1) is 21.8. The van der Waals surface area contributed by atoms with Crippen LogP contribution in [-0.2, 0) is 4.79 Å². The van der Waals surface area contributed by atoms with Gasteiger partial charge in [-0.05, 0) is 18.1 Å². The van der Waals surface area contributed by atoms with Crippen LogP contribution in [0.25, 0.3) is 0 Å². The number of benzene rings is 1. The van der Waals surface area contributed by atoms with E-state index in [1.54, 1.807) is 0 Å². The van der Waals surface area contributed by atoms with Gasteiger partial charge in [0.2, 0.25) is 0 Å². The van der Waals surface area contributed by atoms with Crippen LogP contribution in [0.5, 0.6) is 5.75 Å². The smallest absolute Gasteiger partial charge is 0.194 e. The predicted molar refractivity (Wildman–Crippen MR) is 82.2 cm³/mol. The van der Waals surface area contributed by atoms with E-state index in [2.05, 4.69) is 0 Å². The van der Waals surface area contributed by atoms with Crippen molar-refractivity contribution in [2.24, 2.45) is 5.92 Å². The molecule has 0 saturated carbocycles. The average Bonchev–Trinajstić information content (AvgIpc) is 2.35. The Kier molecular flexibility index (Phi) is 13.3. The van der Waals surface area contributed by atoms with Crippen molar-refractivity contribution < 1.29 is 19.4 Å². The van der Waals surface area contributed by atoms with E-state index < -0.39 is 9.85 Å². The van der Waals surface area contributed by atoms with E-state index in [9.17, 15) is 4.79 Å². The molecule has 0 aliphatic rings. The summed E-state index contributed by atoms with van der Waals surface area (Å²) >= 11 is 0. The number of rotatable bonds is 5. The van der Waals surface area contributed by atoms with E-state index in [1.807, 2.05) is 44.2 Å². The van der Waals surface area contributed by atoms with Crippen molar-refractivity contribution in [1.29, 1.82) is 0 Å². The molecule has 22 heavy (non-hydrogen) atoms. The maximum atomic E-state index is 11.3. The highest BCUT2D eigenvalue weighted by Crippen LogP contribution is 2.09. The topological polar surface area (TPSA) is 113 Å². The van der Waals surface area contributed by atoms with Gasteiger partial charge in [0.05, 0.1) is 0 Å². The lowest BCUT2D eigenvalue weighted by molar-refractivity contribution is -0.445. The van der Waals surface area contributed by atoms with Gasteiger partial charge in [0.15, 0.2) is 19.9 Å². The van der Waals surface area contributed by atoms with Crippen molar-refractivity contribution in [3.05, 3.63) is 50.6 Å². The van der Waals surface area contributed by atoms with Gasteiger partial charge in [-0.3, -0.25) is 25.0 Å². The highest BCUT2D eigenvalue weighted by molar-refractivity contribution is 5.80. The van der Waals surface area contributed by atoms with Gasteiger partial charge in [-0.2, -0.15) is 0 Å². The Labute approximate surface area is 129 Å². The number of Topliss-reactive ketones (excluding diaryl/α,β-unsaturated/α-hetero) is 1. The van der Waals surface area contributed by atoms with Crippen molar-refractivity contribution >= 4 is 5.78 Å². The summed E-state index contributed by atoms with van der Waals surface area (Å²) in [5, 5.41) is 17.6. The minimum atomic E-state index is -0.500. The number of hydrogen-bond acceptors (Lipinski definition) is 6. The van der Waals surface area contributed by atoms with Crippen LogP contribution in [0.15, 0.2) is 30.3 Å². The number of carbonyl (C=O) groups is 1. The van der Waals surface area contributed by atoms with Gasteiger partial charge in [0.1, 0.15) is 12.4 Å². The van der Waals surface area contributed by atoms with Crippen LogP contribution in [0.1, 0.15) is 20.3 Å². The summed E-state index contributed by atoms with van der Waals surface area (Å²) in [6.45, 7) is 4.24. The molecule has 0 amide bonds. The van der Waals surface area contributed by atoms with Crippen LogP contribution in [0.3, 0.4) is 0 Å². The van der Waals surface area contributed by atoms with Gasteiger partial charge in [-0.15, -0.1) is 0 Å². The van der Waals surface area contributed by atoms with Crippen LogP contribution < -0.4 is 4.74 Å². The first-order valence-electron chi connectivity index (χ1n) is 6.50. The molecule has 0 atom stereocenters. The van der Waals surface area contributed by atoms with E-state index in [0.29, 0.717) is 12.3 Å². The summed E-state index contributed by atoms with van der Waals surface area (Å²) in [7, 11) is 1.78. The molecule has 124 valence electrons. The van der Waals surface area contributed by atoms with E-state index in [4.69, 9.17) is 25.0 Å². The van der Waals surface area contributed by atoms with Gasteiger partial charge in [-0.1, -0.05) is 32.0 Å². The molecule has 1 aromatic carbocycles. The number of carbonyl (C=O) groups excluding carboxylic acids is 1. The normalized spacial score (nSPS) is 8.77. The second kappa shape index (κ2) is 13.5. The summed E-state index contributed by atoms with van der Waals surface area (Å²) in [6.07, 6.45) is 0.590. The maximum absolute atomic E-state index is 11.3. The van der Waals surface area contributed by atoms with E-state index in [0.717, 1.165) is 19.8 Å². The van der Waals surface area contributed by atoms with Crippen molar-refractivity contribution in [3.8, 4) is 5.75 Å². The molecular formula is C14H22N2O6. The molecule has 0 fully saturated rings. The summed E-state index contributed by atoms with van der Waals surface area (Å²) in [6, 6.07) is 9.40. The Hall–Kier alpha value is -2.51. The molecule has 8 nitrogen and oxygen atoms in total. The first-order valence-corrected chi connectivity index (χ1v) is 6.50. The van der Waals surface area contributed by atoms with Crippen molar-refractivity contribution in [1.82, 2.24) is 0 Å². The minimum absolute atomic E-state index is 0.156. The second-order valence-electron chi connectivity index (χ2n) is 4.62. The molecule has 0 radical (unpaired) electrons. The van der Waals surface area contributed by atoms with E-state index >= 15 is 0 Å². The number of para-hydroxylation sites is 1. The van der Waals surface area contributed by atoms with Crippen molar-refractivity contribution in [3.63, 3.8) is 0 Å². The summed E-state index contributed by atoms with van der Waals surface area (Å²) in [4.78, 5) is 27.9. The van der Waals surface area contributed by atoms with Crippen molar-refractivity contribution in [2.45, 2.75) is 20.3 Å². The lowest BCUT2D eigenvalue weighted by Gasteiger charge is -2.06. The molecule has 0 saturated heterocycles. The number of ketones is 1. The molecule has 1 aromatic rings. The minimum Gasteiger partial charge on any atom is -0.486 e. The quantitative estimate of drug-likeness (QED) is 0.609. The molecular weight excluding hydrogens is 292 g/mol. The lowest BCUT2D eigenvalue weighted by atomic mass is 10.1. The summed E-state index contributed by atoms with van der Waals surface area (Å²) in [5.41, 5.74) is 0. The Bertz CT molecular complexity index is 428. The maximum Gasteiger partial charge on any atom is 0.194 e. The molecule has 0 heterocycles. The summed E-state index contributed by atoms with van der Waals surface area (Å²) in [5.74, 6) is 1.32. The number of hydrogen-bond donors (Lipinski definition) is 0. The van der Waals surface area contributed by atoms with Crippen LogP contribution in [0.2, 0.25) is 0 Å². The Morgan fingerprint density at radius 1 is 1.09 bits per heavy atom. The third kappa shape index (κ3) is 22.7. The number of nitrogens with zero attached hydrogens (tertiary/aromatic N) is 2. The molecule has 0 aromatic heterocycles. The van der Waals surface area contributed by atoms with Gasteiger partial charge in [0.25, 0.3) is 0 Å². The fourth-order valence-corrected chi connectivity index (χ4v) is 1.19. The molecule has 1 rings (SSSR count). The van der Waals surface area contributed by atoms with Crippen LogP contribution in [0.4, 0.5) is 0 Å². The van der Waals surface area contributed by atoms with E-state index in [-0.39, 0.29) is 12.4 Å². The fourth-order valence-electron chi connectivity index (χ4n) is 1.19. The Balaban J connectivity index is 0. The van der Waals surface area contributed by atoms with Gasteiger partial charge < -0.3 is 4.74 Å². The summed E-state index contributed by atoms with van der Waals surface area (Å²) < 4.78 is 5.32. The SMILES string of the molecule is CC(C)CC(=O)COc1ccccc1.C[N+](=O)[O-].C[N+](=O)[O-]. The third-order valence-electron chi connectivity index (χ3n) is 1.78. The van der Waals surface area contributed by atoms with E-state index in [1.165, 1.54) is 0 Å². The van der Waals surface area contributed by atoms with Crippen LogP contribution in [-0.4, -0.2) is 36.3 Å². The average molecular weight is 314 g/mol. The zero-order chi connectivity index (χ0) is 17.5. The Morgan fingerprint density at radius 2 is 1.50 bits per heavy atom. The lowest BCUT2D eigenvalue weighted by Crippen LogP contribution is -2.13. The largest absolute Gasteiger partial charge is 0.486 e. The Morgan fingerprint density at radius 3 is 1.86 bits per heavy atom. The fraction of sp³-hybridized carbons (Fsp3) is 0.500. The first-order chi connectivity index (χ1) is 10.1. The predicted octanol–water partition coefficient (Wildman–Crippen LogP) is 2.47. The third-order valence-corrected chi connectivity index (χ3v) is 1.78. The van der Waals surface area contributed by atoms with Crippen LogP contribution >= 0.6 is 0 Å². The van der Waals surface area contributed by atoms with Gasteiger partial charge in [0, 0.05) is 16.3 Å². The second-order valence-corrected chi connectivity index (χ2v) is 4.62. The zero-order valence-electron chi connectivity index (χ0n) is 13.2. The number of nitro groups is 2. The molecule has 0 spiro atoms. The zero-order valence-corrected chi connectivity index (χ0v) is 13.2. The highest BCUT2D eigenvalue weighted by atomic mass is 16.6. The number of ether oxygens (including phenoxy) is 1. The molecule has 0 N–H and O–H groups in total. The van der Waals surface area contributed by atoms with Gasteiger partial charge >= 0.3 is 0 Å². The van der Waals surface area contributed by atoms with Crippen LogP contribution in [0, 0.1) is 26.1 Å².